The summed E-state index contributed by atoms with van der Waals surface area (Å²) in [6, 6.07) is 10.3. The predicted molar refractivity (Wildman–Crippen MR) is 103 cm³/mol. The Morgan fingerprint density at radius 3 is 2.39 bits per heavy atom. The number of hydrogen-bond acceptors (Lipinski definition) is 6. The number of fused-ring (bicyclic) bond motifs is 4. The molecule has 3 aliphatic rings. The normalized spacial score (nSPS) is 35.7. The maximum Gasteiger partial charge on any atom is 0.190 e. The zero-order chi connectivity index (χ0) is 19.7. The van der Waals surface area contributed by atoms with E-state index in [1.807, 2.05) is 52.8 Å². The molecule has 0 saturated carbocycles. The number of hydrogen-bond donors (Lipinski definition) is 0. The first-order valence-corrected chi connectivity index (χ1v) is 9.93. The largest absolute Gasteiger partial charge is 0.343 e. The molecule has 6 heteroatoms. The molecule has 0 amide bonds. The summed E-state index contributed by atoms with van der Waals surface area (Å²) in [5, 5.41) is 1.14. The predicted octanol–water partition coefficient (Wildman–Crippen LogP) is 3.48. The van der Waals surface area contributed by atoms with Gasteiger partial charge in [-0.05, 0) is 52.3 Å². The van der Waals surface area contributed by atoms with E-state index in [1.54, 1.807) is 0 Å². The van der Waals surface area contributed by atoms with Crippen LogP contribution in [0.2, 0.25) is 0 Å². The van der Waals surface area contributed by atoms with E-state index in [-0.39, 0.29) is 24.4 Å². The Labute approximate surface area is 165 Å². The highest BCUT2D eigenvalue weighted by molar-refractivity contribution is 5.82. The van der Waals surface area contributed by atoms with Gasteiger partial charge in [-0.15, -0.1) is 0 Å². The van der Waals surface area contributed by atoms with Crippen LogP contribution in [0, 0.1) is 6.92 Å². The van der Waals surface area contributed by atoms with Crippen molar-refractivity contribution >= 4 is 10.9 Å². The summed E-state index contributed by atoms with van der Waals surface area (Å²) in [4.78, 5) is 4.65. The van der Waals surface area contributed by atoms with E-state index in [0.29, 0.717) is 6.42 Å². The van der Waals surface area contributed by atoms with Gasteiger partial charge in [-0.1, -0.05) is 18.2 Å². The topological polar surface area (TPSA) is 59.0 Å². The number of nitrogens with zero attached hydrogens (tertiary/aromatic N) is 1. The molecule has 150 valence electrons. The van der Waals surface area contributed by atoms with Crippen molar-refractivity contribution in [2.24, 2.45) is 0 Å². The number of aromatic nitrogens is 1. The van der Waals surface area contributed by atoms with Crippen molar-refractivity contribution in [3.63, 3.8) is 0 Å². The van der Waals surface area contributed by atoms with Gasteiger partial charge in [0, 0.05) is 17.5 Å². The molecule has 5 atom stereocenters. The minimum atomic E-state index is -0.704. The first-order chi connectivity index (χ1) is 13.2. The maximum absolute atomic E-state index is 6.37. The average molecular weight is 385 g/mol. The molecule has 4 heterocycles. The van der Waals surface area contributed by atoms with Crippen LogP contribution in [0.15, 0.2) is 30.3 Å². The summed E-state index contributed by atoms with van der Waals surface area (Å²) < 4.78 is 31.0. The van der Waals surface area contributed by atoms with Crippen molar-refractivity contribution in [3.8, 4) is 0 Å². The Hall–Kier alpha value is -1.57. The molecule has 6 nitrogen and oxygen atoms in total. The molecule has 0 unspecified atom stereocenters. The minimum absolute atomic E-state index is 0.198. The Bertz CT molecular complexity index is 911. The van der Waals surface area contributed by atoms with Crippen molar-refractivity contribution in [3.05, 3.63) is 41.6 Å². The number of aryl methyl sites for hydroxylation is 1. The quantitative estimate of drug-likeness (QED) is 0.789. The van der Waals surface area contributed by atoms with Crippen molar-refractivity contribution in [2.75, 3.05) is 0 Å². The van der Waals surface area contributed by atoms with Crippen molar-refractivity contribution in [1.82, 2.24) is 4.98 Å². The average Bonchev–Trinajstić information content (AvgIpc) is 3.09. The molecule has 1 aromatic carbocycles. The highest BCUT2D eigenvalue weighted by Crippen LogP contribution is 2.44. The molecule has 0 spiro atoms. The Morgan fingerprint density at radius 1 is 0.893 bits per heavy atom. The lowest BCUT2D eigenvalue weighted by Crippen LogP contribution is -2.55. The van der Waals surface area contributed by atoms with Crippen LogP contribution in [-0.2, 0) is 30.1 Å². The maximum atomic E-state index is 6.37. The van der Waals surface area contributed by atoms with Crippen LogP contribution in [0.25, 0.3) is 10.9 Å². The highest BCUT2D eigenvalue weighted by Gasteiger charge is 2.60. The second kappa shape index (κ2) is 6.21. The van der Waals surface area contributed by atoms with Crippen molar-refractivity contribution in [1.29, 1.82) is 0 Å². The smallest absolute Gasteiger partial charge is 0.190 e. The van der Waals surface area contributed by atoms with Crippen LogP contribution < -0.4 is 0 Å². The molecule has 1 aromatic heterocycles. The monoisotopic (exact) mass is 385 g/mol. The van der Waals surface area contributed by atoms with E-state index in [4.69, 9.17) is 23.7 Å². The number of pyridine rings is 1. The van der Waals surface area contributed by atoms with Crippen LogP contribution in [0.3, 0.4) is 0 Å². The number of rotatable bonds is 2. The third kappa shape index (κ3) is 3.13. The van der Waals surface area contributed by atoms with Gasteiger partial charge in [0.15, 0.2) is 17.9 Å². The van der Waals surface area contributed by atoms with Crippen molar-refractivity contribution in [2.45, 2.75) is 83.3 Å². The van der Waals surface area contributed by atoms with Gasteiger partial charge in [0.2, 0.25) is 0 Å². The summed E-state index contributed by atoms with van der Waals surface area (Å²) in [6.07, 6.45) is -0.717. The fourth-order valence-electron chi connectivity index (χ4n) is 4.64. The van der Waals surface area contributed by atoms with E-state index < -0.39 is 17.9 Å². The lowest BCUT2D eigenvalue weighted by molar-refractivity contribution is -0.233. The van der Waals surface area contributed by atoms with Crippen LogP contribution in [0.5, 0.6) is 0 Å². The van der Waals surface area contributed by atoms with Gasteiger partial charge in [0.05, 0.1) is 11.6 Å². The summed E-state index contributed by atoms with van der Waals surface area (Å²) in [5.41, 5.74) is 3.18. The molecule has 3 fully saturated rings. The molecule has 0 N–H and O–H groups in total. The lowest BCUT2D eigenvalue weighted by Gasteiger charge is -2.37. The van der Waals surface area contributed by atoms with E-state index >= 15 is 0 Å². The van der Waals surface area contributed by atoms with E-state index in [1.165, 1.54) is 5.56 Å². The summed E-state index contributed by atoms with van der Waals surface area (Å²) in [7, 11) is 0. The van der Waals surface area contributed by atoms with E-state index in [9.17, 15) is 0 Å². The molecule has 28 heavy (non-hydrogen) atoms. The second-order valence-corrected chi connectivity index (χ2v) is 8.85. The van der Waals surface area contributed by atoms with Crippen LogP contribution in [0.4, 0.5) is 0 Å². The summed E-state index contributed by atoms with van der Waals surface area (Å²) in [5.74, 6) is -1.39. The molecular weight excluding hydrogens is 358 g/mol. The zero-order valence-electron chi connectivity index (χ0n) is 17.0. The summed E-state index contributed by atoms with van der Waals surface area (Å²) in [6.45, 7) is 9.69. The third-order valence-electron chi connectivity index (χ3n) is 5.60. The first-order valence-electron chi connectivity index (χ1n) is 9.93. The Balaban J connectivity index is 1.50. The standard InChI is InChI=1S/C22H27NO5/c1-12-10-13(14-8-6-7-9-15(14)23-12)11-16-17-18(26-21(2,3)25-17)19-20(24-16)28-22(4,5)27-19/h6-10,16-20H,11H2,1-5H3/t16-,17+,18+,19-,20-/m1/s1. The van der Waals surface area contributed by atoms with E-state index in [2.05, 4.69) is 17.1 Å². The molecule has 0 bridgehead atoms. The molecule has 0 aliphatic carbocycles. The molecule has 3 saturated heterocycles. The number of para-hydroxylation sites is 1. The third-order valence-corrected chi connectivity index (χ3v) is 5.60. The molecule has 3 aliphatic heterocycles. The van der Waals surface area contributed by atoms with Gasteiger partial charge in [-0.3, -0.25) is 4.98 Å². The molecular formula is C22H27NO5. The fraction of sp³-hybridized carbons (Fsp3) is 0.591. The molecule has 2 aromatic rings. The minimum Gasteiger partial charge on any atom is -0.343 e. The second-order valence-electron chi connectivity index (χ2n) is 8.85. The zero-order valence-corrected chi connectivity index (χ0v) is 17.0. The van der Waals surface area contributed by atoms with E-state index in [0.717, 1.165) is 16.6 Å². The van der Waals surface area contributed by atoms with Gasteiger partial charge >= 0.3 is 0 Å². The van der Waals surface area contributed by atoms with Crippen LogP contribution >= 0.6 is 0 Å². The van der Waals surface area contributed by atoms with Gasteiger partial charge in [0.25, 0.3) is 0 Å². The fourth-order valence-corrected chi connectivity index (χ4v) is 4.64. The van der Waals surface area contributed by atoms with Gasteiger partial charge in [-0.25, -0.2) is 0 Å². The SMILES string of the molecule is Cc1cc(C[C@H]2O[C@@H]3OC(C)(C)O[C@@H]3[C@H]3OC(C)(C)O[C@H]32)c2ccccc2n1. The Kier molecular flexibility index (Phi) is 4.09. The van der Waals surface area contributed by atoms with Crippen LogP contribution in [0.1, 0.15) is 39.0 Å². The summed E-state index contributed by atoms with van der Waals surface area (Å²) >= 11 is 0. The van der Waals surface area contributed by atoms with Gasteiger partial charge < -0.3 is 23.7 Å². The molecule has 5 rings (SSSR count). The van der Waals surface area contributed by atoms with Gasteiger partial charge in [0.1, 0.15) is 18.3 Å². The number of ether oxygens (including phenoxy) is 5. The molecule has 0 radical (unpaired) electrons. The lowest BCUT2D eigenvalue weighted by atomic mass is 9.93. The number of benzene rings is 1. The van der Waals surface area contributed by atoms with Gasteiger partial charge in [-0.2, -0.15) is 0 Å². The first kappa shape index (κ1) is 18.5. The van der Waals surface area contributed by atoms with Crippen molar-refractivity contribution < 1.29 is 23.7 Å². The Morgan fingerprint density at radius 2 is 1.57 bits per heavy atom. The van der Waals surface area contributed by atoms with Crippen LogP contribution in [-0.4, -0.2) is 47.3 Å². The highest BCUT2D eigenvalue weighted by atomic mass is 16.9.